The third-order valence-electron chi connectivity index (χ3n) is 7.32. The van der Waals surface area contributed by atoms with Crippen LogP contribution in [0.4, 0.5) is 0 Å². The number of nitrogens with one attached hydrogen (secondary N) is 1. The summed E-state index contributed by atoms with van der Waals surface area (Å²) in [5.74, 6) is -0.538. The van der Waals surface area contributed by atoms with Gasteiger partial charge in [-0.25, -0.2) is 4.98 Å². The lowest BCUT2D eigenvalue weighted by molar-refractivity contribution is 0.0656. The van der Waals surface area contributed by atoms with Crippen molar-refractivity contribution >= 4 is 22.8 Å². The van der Waals surface area contributed by atoms with Crippen molar-refractivity contribution in [3.05, 3.63) is 126 Å². The highest BCUT2D eigenvalue weighted by Crippen LogP contribution is 2.43. The molecule has 0 bridgehead atoms. The topological polar surface area (TPSA) is 91.8 Å². The number of H-pyrrole nitrogens is 1. The van der Waals surface area contributed by atoms with Crippen LogP contribution in [0.5, 0.6) is 0 Å². The zero-order valence-electron chi connectivity index (χ0n) is 21.4. The van der Waals surface area contributed by atoms with E-state index in [-0.39, 0.29) is 18.4 Å². The Hall–Kier alpha value is -5.43. The molecule has 0 aliphatic carbocycles. The summed E-state index contributed by atoms with van der Waals surface area (Å²) in [4.78, 5) is 36.7. The summed E-state index contributed by atoms with van der Waals surface area (Å²) < 4.78 is 0. The van der Waals surface area contributed by atoms with E-state index in [9.17, 15) is 9.59 Å². The van der Waals surface area contributed by atoms with E-state index in [1.54, 1.807) is 36.7 Å². The molecule has 192 valence electrons. The summed E-state index contributed by atoms with van der Waals surface area (Å²) in [6.07, 6.45) is 3.97. The molecule has 4 heterocycles. The van der Waals surface area contributed by atoms with Crippen LogP contribution in [0.25, 0.3) is 44.5 Å². The Labute approximate surface area is 230 Å². The van der Waals surface area contributed by atoms with Crippen LogP contribution in [0.3, 0.4) is 0 Å². The van der Waals surface area contributed by atoms with E-state index in [0.717, 1.165) is 44.6 Å². The molecule has 6 aromatic rings. The number of nitrogens with zero attached hydrogens (tertiary/aromatic N) is 4. The monoisotopic (exact) mass is 521 g/mol. The summed E-state index contributed by atoms with van der Waals surface area (Å²) in [6.45, 7) is 0.225. The molecule has 7 heteroatoms. The highest BCUT2D eigenvalue weighted by molar-refractivity contribution is 6.21. The van der Waals surface area contributed by atoms with Gasteiger partial charge in [0.1, 0.15) is 0 Å². The number of amides is 2. The molecule has 0 saturated heterocycles. The maximum Gasteiger partial charge on any atom is 0.261 e. The molecule has 0 atom stereocenters. The molecule has 7 nitrogen and oxygen atoms in total. The van der Waals surface area contributed by atoms with Gasteiger partial charge in [-0.05, 0) is 35.4 Å². The molecule has 0 spiro atoms. The Bertz CT molecular complexity index is 1850. The van der Waals surface area contributed by atoms with Crippen molar-refractivity contribution < 1.29 is 9.59 Å². The van der Waals surface area contributed by atoms with Crippen molar-refractivity contribution in [2.75, 3.05) is 6.54 Å². The highest BCUT2D eigenvalue weighted by atomic mass is 16.2. The molecule has 1 aliphatic rings. The van der Waals surface area contributed by atoms with Crippen LogP contribution >= 0.6 is 0 Å². The van der Waals surface area contributed by atoms with Crippen molar-refractivity contribution in [1.82, 2.24) is 25.1 Å². The van der Waals surface area contributed by atoms with Crippen molar-refractivity contribution in [1.29, 1.82) is 0 Å². The predicted molar refractivity (Wildman–Crippen MR) is 154 cm³/mol. The van der Waals surface area contributed by atoms with Crippen LogP contribution in [0.2, 0.25) is 0 Å². The van der Waals surface area contributed by atoms with Gasteiger partial charge in [-0.2, -0.15) is 5.10 Å². The summed E-state index contributed by atoms with van der Waals surface area (Å²) in [7, 11) is 0. The van der Waals surface area contributed by atoms with Crippen LogP contribution in [0.1, 0.15) is 26.4 Å². The second-order valence-electron chi connectivity index (χ2n) is 9.64. The fourth-order valence-electron chi connectivity index (χ4n) is 5.46. The first-order valence-corrected chi connectivity index (χ1v) is 13.1. The minimum atomic E-state index is -0.269. The maximum absolute atomic E-state index is 13.0. The van der Waals surface area contributed by atoms with Gasteiger partial charge in [0.25, 0.3) is 11.8 Å². The van der Waals surface area contributed by atoms with Crippen LogP contribution < -0.4 is 0 Å². The van der Waals surface area contributed by atoms with Gasteiger partial charge >= 0.3 is 0 Å². The zero-order valence-corrected chi connectivity index (χ0v) is 21.4. The molecular formula is C33H23N5O2. The van der Waals surface area contributed by atoms with Gasteiger partial charge in [-0.1, -0.05) is 72.8 Å². The molecule has 40 heavy (non-hydrogen) atoms. The maximum atomic E-state index is 13.0. The van der Waals surface area contributed by atoms with Crippen molar-refractivity contribution in [2.45, 2.75) is 6.42 Å². The number of aromatic nitrogens is 4. The van der Waals surface area contributed by atoms with Crippen molar-refractivity contribution in [3.8, 4) is 33.5 Å². The highest BCUT2D eigenvalue weighted by Gasteiger charge is 2.35. The third kappa shape index (κ3) is 3.87. The Morgan fingerprint density at radius 1 is 0.650 bits per heavy atom. The lowest BCUT2D eigenvalue weighted by atomic mass is 9.88. The number of carbonyl (C=O) groups excluding carboxylic acids is 2. The average Bonchev–Trinajstić information content (AvgIpc) is 3.54. The fraction of sp³-hybridized carbons (Fsp3) is 0.0606. The van der Waals surface area contributed by atoms with E-state index < -0.39 is 0 Å². The van der Waals surface area contributed by atoms with Crippen molar-refractivity contribution in [2.24, 2.45) is 0 Å². The van der Waals surface area contributed by atoms with E-state index in [1.807, 2.05) is 60.7 Å². The normalized spacial score (nSPS) is 12.8. The van der Waals surface area contributed by atoms with Gasteiger partial charge in [-0.15, -0.1) is 0 Å². The Morgan fingerprint density at radius 2 is 1.23 bits per heavy atom. The molecule has 0 saturated carbocycles. The minimum Gasteiger partial charge on any atom is -0.280 e. The van der Waals surface area contributed by atoms with Crippen LogP contribution in [-0.2, 0) is 6.42 Å². The molecular weight excluding hydrogens is 498 g/mol. The number of pyridine rings is 2. The standard InChI is InChI=1S/C33H23N5O2/c39-32-24-13-7-8-14-25(24)33(40)38(32)20-17-26-29-27(21-9-3-1-4-10-21)28(22-15-18-34-19-16-22)30(35-31(29)37-36-26)23-11-5-2-6-12-23/h1-16,18-19H,17,20H2,(H,35,36,37). The number of imide groups is 1. The molecule has 3 aromatic heterocycles. The number of hydrogen-bond acceptors (Lipinski definition) is 5. The summed E-state index contributed by atoms with van der Waals surface area (Å²) in [6, 6.07) is 31.2. The first kappa shape index (κ1) is 23.7. The first-order chi connectivity index (χ1) is 19.7. The van der Waals surface area contributed by atoms with E-state index >= 15 is 0 Å². The zero-order chi connectivity index (χ0) is 27.1. The number of fused-ring (bicyclic) bond motifs is 2. The van der Waals surface area contributed by atoms with E-state index in [4.69, 9.17) is 4.98 Å². The van der Waals surface area contributed by atoms with Gasteiger partial charge in [0, 0.05) is 47.7 Å². The molecule has 1 N–H and O–H groups in total. The number of aromatic amines is 1. The van der Waals surface area contributed by atoms with Gasteiger partial charge in [0.05, 0.1) is 22.2 Å². The minimum absolute atomic E-state index is 0.225. The molecule has 7 rings (SSSR count). The molecule has 0 fully saturated rings. The number of hydrogen-bond donors (Lipinski definition) is 1. The second kappa shape index (κ2) is 9.71. The third-order valence-corrected chi connectivity index (χ3v) is 7.32. The second-order valence-corrected chi connectivity index (χ2v) is 9.64. The Kier molecular flexibility index (Phi) is 5.74. The van der Waals surface area contributed by atoms with Gasteiger partial charge in [0.2, 0.25) is 0 Å². The average molecular weight is 522 g/mol. The quantitative estimate of drug-likeness (QED) is 0.264. The fourth-order valence-corrected chi connectivity index (χ4v) is 5.46. The largest absolute Gasteiger partial charge is 0.280 e. The van der Waals surface area contributed by atoms with Crippen LogP contribution in [0.15, 0.2) is 109 Å². The van der Waals surface area contributed by atoms with Crippen molar-refractivity contribution in [3.63, 3.8) is 0 Å². The molecule has 2 amide bonds. The smallest absolute Gasteiger partial charge is 0.261 e. The van der Waals surface area contributed by atoms with Crippen LogP contribution in [-0.4, -0.2) is 43.4 Å². The number of benzene rings is 3. The SMILES string of the molecule is O=C1c2ccccc2C(=O)N1CCc1[nH]nc2nc(-c3ccccc3)c(-c3ccncc3)c(-c3ccccc3)c12. The summed E-state index contributed by atoms with van der Waals surface area (Å²) in [5.41, 5.74) is 8.03. The van der Waals surface area contributed by atoms with Gasteiger partial charge in [-0.3, -0.25) is 24.6 Å². The van der Waals surface area contributed by atoms with E-state index in [2.05, 4.69) is 27.3 Å². The lowest BCUT2D eigenvalue weighted by Crippen LogP contribution is -2.31. The predicted octanol–water partition coefficient (Wildman–Crippen LogP) is 6.19. The molecule has 1 aliphatic heterocycles. The number of carbonyl (C=O) groups is 2. The van der Waals surface area contributed by atoms with E-state index in [1.165, 1.54) is 4.90 Å². The van der Waals surface area contributed by atoms with Gasteiger partial charge in [0.15, 0.2) is 5.65 Å². The Morgan fingerprint density at radius 3 is 1.88 bits per heavy atom. The molecule has 0 unspecified atom stereocenters. The van der Waals surface area contributed by atoms with Crippen LogP contribution in [0, 0.1) is 0 Å². The first-order valence-electron chi connectivity index (χ1n) is 13.1. The molecule has 3 aromatic carbocycles. The lowest BCUT2D eigenvalue weighted by Gasteiger charge is -2.18. The Balaban J connectivity index is 1.41. The number of rotatable bonds is 6. The summed E-state index contributed by atoms with van der Waals surface area (Å²) in [5, 5.41) is 8.66. The molecule has 0 radical (unpaired) electrons. The van der Waals surface area contributed by atoms with Gasteiger partial charge < -0.3 is 0 Å². The summed E-state index contributed by atoms with van der Waals surface area (Å²) >= 11 is 0. The van der Waals surface area contributed by atoms with E-state index in [0.29, 0.717) is 23.2 Å².